The molecule has 13 heteroatoms. The number of carbonyl (C=O) groups excluding carboxylic acids is 3. The molecule has 156 valence electrons. The van der Waals surface area contributed by atoms with Crippen LogP contribution in [0.1, 0.15) is 13.8 Å². The third kappa shape index (κ3) is 8.34. The number of aliphatic hydroxyl groups excluding tert-OH is 2. The monoisotopic (exact) mass is 426 g/mol. The molecule has 0 aliphatic rings. The SMILES string of the molecule is CC(O)C(N)C(=O)NC(CS)C(=O)NC(C(=O)NC(CS)C(=O)O)C(C)O. The normalized spacial score (nSPS) is 17.6. The van der Waals surface area contributed by atoms with Crippen molar-refractivity contribution in [3.8, 4) is 0 Å². The van der Waals surface area contributed by atoms with Crippen LogP contribution in [0.4, 0.5) is 0 Å². The van der Waals surface area contributed by atoms with E-state index in [0.717, 1.165) is 0 Å². The second-order valence-electron chi connectivity index (χ2n) is 5.82. The first kappa shape index (κ1) is 25.5. The van der Waals surface area contributed by atoms with Crippen molar-refractivity contribution in [1.29, 1.82) is 0 Å². The van der Waals surface area contributed by atoms with Crippen molar-refractivity contribution >= 4 is 48.9 Å². The zero-order valence-corrected chi connectivity index (χ0v) is 16.6. The van der Waals surface area contributed by atoms with Crippen molar-refractivity contribution in [2.75, 3.05) is 11.5 Å². The number of thiol groups is 2. The maximum atomic E-state index is 12.3. The van der Waals surface area contributed by atoms with Crippen molar-refractivity contribution in [1.82, 2.24) is 16.0 Å². The highest BCUT2D eigenvalue weighted by molar-refractivity contribution is 7.80. The largest absolute Gasteiger partial charge is 0.480 e. The van der Waals surface area contributed by atoms with Gasteiger partial charge in [0.2, 0.25) is 17.7 Å². The summed E-state index contributed by atoms with van der Waals surface area (Å²) in [6, 6.07) is -5.28. The average molecular weight is 427 g/mol. The van der Waals surface area contributed by atoms with Crippen LogP contribution in [0.3, 0.4) is 0 Å². The van der Waals surface area contributed by atoms with Crippen LogP contribution in [0.25, 0.3) is 0 Å². The Morgan fingerprint density at radius 3 is 1.70 bits per heavy atom. The summed E-state index contributed by atoms with van der Waals surface area (Å²) in [4.78, 5) is 47.3. The molecule has 6 unspecified atom stereocenters. The number of nitrogens with one attached hydrogen (secondary N) is 3. The maximum absolute atomic E-state index is 12.3. The van der Waals surface area contributed by atoms with Crippen LogP contribution in [-0.2, 0) is 19.2 Å². The highest BCUT2D eigenvalue weighted by Gasteiger charge is 2.32. The summed E-state index contributed by atoms with van der Waals surface area (Å²) in [5.74, 6) is -4.29. The van der Waals surface area contributed by atoms with E-state index in [2.05, 4.69) is 41.2 Å². The number of amides is 3. The van der Waals surface area contributed by atoms with Gasteiger partial charge in [0, 0.05) is 11.5 Å². The van der Waals surface area contributed by atoms with E-state index in [1.54, 1.807) is 0 Å². The number of hydrogen-bond acceptors (Lipinski definition) is 9. The van der Waals surface area contributed by atoms with E-state index in [1.165, 1.54) is 13.8 Å². The minimum absolute atomic E-state index is 0.160. The van der Waals surface area contributed by atoms with Gasteiger partial charge in [-0.25, -0.2) is 4.79 Å². The lowest BCUT2D eigenvalue weighted by molar-refractivity contribution is -0.142. The zero-order chi connectivity index (χ0) is 21.3. The summed E-state index contributed by atoms with van der Waals surface area (Å²) in [5, 5.41) is 34.6. The lowest BCUT2D eigenvalue weighted by Gasteiger charge is -2.26. The number of nitrogens with two attached hydrogens (primary N) is 1. The van der Waals surface area contributed by atoms with Crippen molar-refractivity contribution in [3.05, 3.63) is 0 Å². The summed E-state index contributed by atoms with van der Waals surface area (Å²) < 4.78 is 0. The Bertz CT molecular complexity index is 548. The Kier molecular flexibility index (Phi) is 11.3. The fourth-order valence-electron chi connectivity index (χ4n) is 1.79. The van der Waals surface area contributed by atoms with E-state index in [-0.39, 0.29) is 11.5 Å². The molecule has 0 spiro atoms. The van der Waals surface area contributed by atoms with E-state index in [9.17, 15) is 29.4 Å². The van der Waals surface area contributed by atoms with Crippen molar-refractivity contribution in [2.45, 2.75) is 50.2 Å². The topological polar surface area (TPSA) is 191 Å². The molecular formula is C14H26N4O7S2. The van der Waals surface area contributed by atoms with Gasteiger partial charge in [-0.2, -0.15) is 25.3 Å². The van der Waals surface area contributed by atoms with E-state index < -0.39 is 60.1 Å². The molecular weight excluding hydrogens is 400 g/mol. The van der Waals surface area contributed by atoms with Crippen LogP contribution < -0.4 is 21.7 Å². The Morgan fingerprint density at radius 2 is 1.33 bits per heavy atom. The maximum Gasteiger partial charge on any atom is 0.327 e. The van der Waals surface area contributed by atoms with Crippen LogP contribution >= 0.6 is 25.3 Å². The quantitative estimate of drug-likeness (QED) is 0.152. The molecule has 0 saturated heterocycles. The van der Waals surface area contributed by atoms with Gasteiger partial charge in [0.05, 0.1) is 12.2 Å². The van der Waals surface area contributed by atoms with E-state index in [0.29, 0.717) is 0 Å². The van der Waals surface area contributed by atoms with Gasteiger partial charge in [-0.15, -0.1) is 0 Å². The number of aliphatic carboxylic acids is 1. The molecule has 0 heterocycles. The minimum atomic E-state index is -1.48. The molecule has 6 atom stereocenters. The molecule has 0 aliphatic carbocycles. The fraction of sp³-hybridized carbons (Fsp3) is 0.714. The summed E-state index contributed by atoms with van der Waals surface area (Å²) in [7, 11) is 0. The molecule has 0 rings (SSSR count). The number of carboxylic acid groups (broad SMARTS) is 1. The Morgan fingerprint density at radius 1 is 0.852 bits per heavy atom. The standard InChI is InChI=1S/C14H26N4O7S2/c1-5(19)9(15)12(22)16-7(3-26)11(21)18-10(6(2)20)13(23)17-8(4-27)14(24)25/h5-10,19-20,26-27H,3-4,15H2,1-2H3,(H,16,22)(H,17,23)(H,18,21)(H,24,25). The highest BCUT2D eigenvalue weighted by Crippen LogP contribution is 2.00. The van der Waals surface area contributed by atoms with E-state index >= 15 is 0 Å². The molecule has 0 saturated carbocycles. The fourth-order valence-corrected chi connectivity index (χ4v) is 2.29. The predicted molar refractivity (Wildman–Crippen MR) is 102 cm³/mol. The Balaban J connectivity index is 5.10. The molecule has 8 N–H and O–H groups in total. The van der Waals surface area contributed by atoms with E-state index in [4.69, 9.17) is 10.8 Å². The smallest absolute Gasteiger partial charge is 0.327 e. The number of rotatable bonds is 11. The van der Waals surface area contributed by atoms with Crippen molar-refractivity contribution in [3.63, 3.8) is 0 Å². The van der Waals surface area contributed by atoms with Crippen molar-refractivity contribution < 1.29 is 34.5 Å². The van der Waals surface area contributed by atoms with Gasteiger partial charge in [0.25, 0.3) is 0 Å². The molecule has 0 fully saturated rings. The lowest BCUT2D eigenvalue weighted by Crippen LogP contribution is -2.61. The Labute approximate surface area is 167 Å². The molecule has 0 aromatic heterocycles. The van der Waals surface area contributed by atoms with Crippen molar-refractivity contribution in [2.24, 2.45) is 5.73 Å². The van der Waals surface area contributed by atoms with Gasteiger partial charge in [-0.1, -0.05) is 0 Å². The molecule has 0 aromatic rings. The third-order valence-corrected chi connectivity index (χ3v) is 4.23. The summed E-state index contributed by atoms with van der Waals surface area (Å²) in [5.41, 5.74) is 5.47. The second-order valence-corrected chi connectivity index (χ2v) is 6.55. The van der Waals surface area contributed by atoms with Gasteiger partial charge >= 0.3 is 5.97 Å². The van der Waals surface area contributed by atoms with Crippen LogP contribution in [-0.4, -0.2) is 86.9 Å². The van der Waals surface area contributed by atoms with E-state index in [1.807, 2.05) is 0 Å². The van der Waals surface area contributed by atoms with Gasteiger partial charge < -0.3 is 37.0 Å². The molecule has 27 heavy (non-hydrogen) atoms. The van der Waals surface area contributed by atoms with Crippen LogP contribution in [0, 0.1) is 0 Å². The second kappa shape index (κ2) is 12.0. The minimum Gasteiger partial charge on any atom is -0.480 e. The van der Waals surface area contributed by atoms with Gasteiger partial charge in [0.15, 0.2) is 0 Å². The first-order valence-electron chi connectivity index (χ1n) is 7.93. The number of carboxylic acids is 1. The molecule has 11 nitrogen and oxygen atoms in total. The predicted octanol–water partition coefficient (Wildman–Crippen LogP) is -3.53. The first-order valence-corrected chi connectivity index (χ1v) is 9.20. The van der Waals surface area contributed by atoms with Gasteiger partial charge in [0.1, 0.15) is 24.2 Å². The Hall–Kier alpha value is -1.54. The zero-order valence-electron chi connectivity index (χ0n) is 14.8. The van der Waals surface area contributed by atoms with Gasteiger partial charge in [-0.3, -0.25) is 14.4 Å². The number of carbonyl (C=O) groups is 4. The number of hydrogen-bond donors (Lipinski definition) is 9. The average Bonchev–Trinajstić information content (AvgIpc) is 2.59. The summed E-state index contributed by atoms with van der Waals surface area (Å²) >= 11 is 7.75. The molecule has 0 bridgehead atoms. The van der Waals surface area contributed by atoms with Crippen LogP contribution in [0.15, 0.2) is 0 Å². The molecule has 3 amide bonds. The third-order valence-electron chi connectivity index (χ3n) is 3.50. The summed E-state index contributed by atoms with van der Waals surface area (Å²) in [6.07, 6.45) is -2.52. The van der Waals surface area contributed by atoms with Crippen LogP contribution in [0.5, 0.6) is 0 Å². The first-order chi connectivity index (χ1) is 12.5. The lowest BCUT2D eigenvalue weighted by atomic mass is 10.1. The molecule has 0 radical (unpaired) electrons. The van der Waals surface area contributed by atoms with Gasteiger partial charge in [-0.05, 0) is 13.8 Å². The van der Waals surface area contributed by atoms with Crippen LogP contribution in [0.2, 0.25) is 0 Å². The summed E-state index contributed by atoms with van der Waals surface area (Å²) in [6.45, 7) is 2.52. The highest BCUT2D eigenvalue weighted by atomic mass is 32.1. The molecule has 0 aliphatic heterocycles. The number of aliphatic hydroxyl groups is 2. The molecule has 0 aromatic carbocycles.